The van der Waals surface area contributed by atoms with Crippen LogP contribution in [0.3, 0.4) is 0 Å². The number of aromatic hydroxyl groups is 1. The van der Waals surface area contributed by atoms with Crippen molar-refractivity contribution < 1.29 is 24.9 Å². The molecule has 0 saturated heterocycles. The van der Waals surface area contributed by atoms with Crippen molar-refractivity contribution in [3.05, 3.63) is 101 Å². The molecule has 3 aromatic rings. The van der Waals surface area contributed by atoms with E-state index in [9.17, 15) is 24.9 Å². The van der Waals surface area contributed by atoms with E-state index in [0.717, 1.165) is 27.8 Å². The van der Waals surface area contributed by atoms with Gasteiger partial charge in [-0.25, -0.2) is 4.79 Å². The first-order valence-corrected chi connectivity index (χ1v) is 14.0. The number of carboxylic acids is 1. The van der Waals surface area contributed by atoms with E-state index in [1.165, 1.54) is 4.90 Å². The van der Waals surface area contributed by atoms with Crippen molar-refractivity contribution in [1.82, 2.24) is 0 Å². The quantitative estimate of drug-likeness (QED) is 0.173. The minimum Gasteiger partial charge on any atom is -0.507 e. The van der Waals surface area contributed by atoms with E-state index < -0.39 is 5.97 Å². The number of hydrogen-bond acceptors (Lipinski definition) is 4. The molecule has 1 unspecified atom stereocenters. The summed E-state index contributed by atoms with van der Waals surface area (Å²) in [6.45, 7) is 5.60. The van der Waals surface area contributed by atoms with Gasteiger partial charge in [0.15, 0.2) is 0 Å². The van der Waals surface area contributed by atoms with Crippen LogP contribution in [0, 0.1) is 5.92 Å². The molecule has 212 valence electrons. The number of anilines is 1. The molecule has 1 amide bonds. The topological polar surface area (TPSA) is 98.1 Å². The van der Waals surface area contributed by atoms with Crippen LogP contribution in [0.4, 0.5) is 5.69 Å². The molecule has 0 bridgehead atoms. The number of rotatable bonds is 10. The third-order valence-corrected chi connectivity index (χ3v) is 7.83. The van der Waals surface area contributed by atoms with Crippen molar-refractivity contribution in [2.45, 2.75) is 33.6 Å². The number of halogens is 1. The van der Waals surface area contributed by atoms with E-state index in [0.29, 0.717) is 40.3 Å². The maximum atomic E-state index is 13.5. The summed E-state index contributed by atoms with van der Waals surface area (Å²) in [4.78, 5) is 26.8. The SMILES string of the molecule is C/C=C(\C=C(\C(=O)O)C(C)CC)C/C=C1\C(=O)N(CCO)c2cc(Cl)c(-c3ccc(-c4ccccc4O)cc3)cc21. The van der Waals surface area contributed by atoms with Crippen LogP contribution in [0.15, 0.2) is 90.0 Å². The molecule has 4 rings (SSSR count). The fourth-order valence-electron chi connectivity index (χ4n) is 4.97. The van der Waals surface area contributed by atoms with Crippen molar-refractivity contribution in [3.63, 3.8) is 0 Å². The van der Waals surface area contributed by atoms with E-state index >= 15 is 0 Å². The Hall–Kier alpha value is -4.13. The van der Waals surface area contributed by atoms with Crippen molar-refractivity contribution in [2.75, 3.05) is 18.1 Å². The van der Waals surface area contributed by atoms with Gasteiger partial charge in [-0.15, -0.1) is 0 Å². The van der Waals surface area contributed by atoms with Crippen molar-refractivity contribution >= 4 is 34.7 Å². The average Bonchev–Trinajstić information content (AvgIpc) is 3.22. The summed E-state index contributed by atoms with van der Waals surface area (Å²) in [5, 5.41) is 30.0. The fraction of sp³-hybridized carbons (Fsp3) is 0.235. The number of allylic oxidation sites excluding steroid dienone is 4. The lowest BCUT2D eigenvalue weighted by Crippen LogP contribution is -2.29. The number of carbonyl (C=O) groups excluding carboxylic acids is 1. The monoisotopic (exact) mass is 571 g/mol. The van der Waals surface area contributed by atoms with Crippen LogP contribution in [0.5, 0.6) is 5.75 Å². The predicted octanol–water partition coefficient (Wildman–Crippen LogP) is 7.50. The molecule has 0 fully saturated rings. The molecule has 1 heterocycles. The summed E-state index contributed by atoms with van der Waals surface area (Å²) in [7, 11) is 0. The number of para-hydroxylation sites is 1. The van der Waals surface area contributed by atoms with Gasteiger partial charge in [-0.3, -0.25) is 4.79 Å². The van der Waals surface area contributed by atoms with Gasteiger partial charge in [0.05, 0.1) is 17.3 Å². The zero-order valence-electron chi connectivity index (χ0n) is 23.4. The molecule has 0 spiro atoms. The molecule has 1 aliphatic rings. The number of benzene rings is 3. The largest absolute Gasteiger partial charge is 0.507 e. The van der Waals surface area contributed by atoms with Crippen LogP contribution in [0.1, 0.15) is 39.2 Å². The Balaban J connectivity index is 1.73. The highest BCUT2D eigenvalue weighted by atomic mass is 35.5. The number of phenols is 1. The Morgan fingerprint density at radius 2 is 1.68 bits per heavy atom. The molecule has 1 aliphatic heterocycles. The summed E-state index contributed by atoms with van der Waals surface area (Å²) in [6, 6.07) is 18.4. The molecule has 7 heteroatoms. The van der Waals surface area contributed by atoms with Crippen LogP contribution >= 0.6 is 11.6 Å². The van der Waals surface area contributed by atoms with Gasteiger partial charge in [-0.2, -0.15) is 0 Å². The molecule has 0 aliphatic carbocycles. The smallest absolute Gasteiger partial charge is 0.331 e. The van der Waals surface area contributed by atoms with Gasteiger partial charge in [0.2, 0.25) is 0 Å². The molecular formula is C34H34ClNO5. The zero-order valence-corrected chi connectivity index (χ0v) is 24.2. The summed E-state index contributed by atoms with van der Waals surface area (Å²) < 4.78 is 0. The second kappa shape index (κ2) is 13.0. The first kappa shape index (κ1) is 29.8. The van der Waals surface area contributed by atoms with Gasteiger partial charge in [0.1, 0.15) is 5.75 Å². The van der Waals surface area contributed by atoms with Crippen LogP contribution in [-0.2, 0) is 9.59 Å². The van der Waals surface area contributed by atoms with Crippen LogP contribution in [-0.4, -0.2) is 40.3 Å². The number of aliphatic carboxylic acids is 1. The Labute approximate surface area is 245 Å². The minimum atomic E-state index is -0.949. The molecule has 1 atom stereocenters. The van der Waals surface area contributed by atoms with E-state index in [2.05, 4.69) is 0 Å². The second-order valence-electron chi connectivity index (χ2n) is 10.0. The van der Waals surface area contributed by atoms with Gasteiger partial charge >= 0.3 is 5.97 Å². The number of amides is 1. The standard InChI is InChI=1S/C34H34ClNO5/c1-4-21(3)27(34(40)41)18-22(5-2)10-15-26-29-19-28(30(35)20-31(29)36(16-17-37)33(26)39)24-13-11-23(12-14-24)25-8-6-7-9-32(25)38/h5-9,11-15,18-21,37-38H,4,10,16-17H2,1-3H3,(H,40,41)/b22-5-,26-15-,27-18+. The molecule has 6 nitrogen and oxygen atoms in total. The van der Waals surface area contributed by atoms with Gasteiger partial charge < -0.3 is 20.2 Å². The number of aliphatic hydroxyl groups excluding tert-OH is 1. The molecular weight excluding hydrogens is 538 g/mol. The molecule has 0 radical (unpaired) electrons. The molecule has 3 N–H and O–H groups in total. The van der Waals surface area contributed by atoms with Gasteiger partial charge in [0, 0.05) is 34.4 Å². The highest BCUT2D eigenvalue weighted by molar-refractivity contribution is 6.37. The van der Waals surface area contributed by atoms with E-state index in [-0.39, 0.29) is 30.7 Å². The number of β-amino-alcohol motifs (C(OH)–C–C–N with tert-alkyl or cyclic N) is 1. The number of carbonyl (C=O) groups is 2. The molecule has 3 aromatic carbocycles. The first-order chi connectivity index (χ1) is 19.7. The number of fused-ring (bicyclic) bond motifs is 1. The number of hydrogen-bond donors (Lipinski definition) is 3. The highest BCUT2D eigenvalue weighted by Crippen LogP contribution is 2.43. The van der Waals surface area contributed by atoms with Crippen molar-refractivity contribution in [3.8, 4) is 28.0 Å². The maximum Gasteiger partial charge on any atom is 0.331 e. The van der Waals surface area contributed by atoms with Crippen LogP contribution in [0.2, 0.25) is 5.02 Å². The van der Waals surface area contributed by atoms with E-state index in [4.69, 9.17) is 11.6 Å². The first-order valence-electron chi connectivity index (χ1n) is 13.7. The molecule has 0 aromatic heterocycles. The normalized spacial score (nSPS) is 15.4. The highest BCUT2D eigenvalue weighted by Gasteiger charge is 2.33. The fourth-order valence-corrected chi connectivity index (χ4v) is 5.24. The third kappa shape index (κ3) is 6.29. The Morgan fingerprint density at radius 1 is 1.02 bits per heavy atom. The Morgan fingerprint density at radius 3 is 2.27 bits per heavy atom. The van der Waals surface area contributed by atoms with Gasteiger partial charge in [-0.05, 0) is 66.7 Å². The predicted molar refractivity (Wildman–Crippen MR) is 165 cm³/mol. The summed E-state index contributed by atoms with van der Waals surface area (Å²) >= 11 is 6.73. The van der Waals surface area contributed by atoms with Gasteiger partial charge in [0.25, 0.3) is 5.91 Å². The zero-order chi connectivity index (χ0) is 29.7. The van der Waals surface area contributed by atoms with Crippen LogP contribution in [0.25, 0.3) is 27.8 Å². The number of aliphatic hydroxyl groups is 1. The Kier molecular flexibility index (Phi) is 9.48. The summed E-state index contributed by atoms with van der Waals surface area (Å²) in [5.74, 6) is -1.10. The average molecular weight is 572 g/mol. The summed E-state index contributed by atoms with van der Waals surface area (Å²) in [6.07, 6.45) is 6.44. The number of carboxylic acid groups (broad SMARTS) is 1. The Bertz CT molecular complexity index is 1550. The lowest BCUT2D eigenvalue weighted by atomic mass is 9.94. The van der Waals surface area contributed by atoms with Crippen molar-refractivity contribution in [1.29, 1.82) is 0 Å². The maximum absolute atomic E-state index is 13.5. The lowest BCUT2D eigenvalue weighted by molar-refractivity contribution is -0.133. The third-order valence-electron chi connectivity index (χ3n) is 7.52. The molecule has 41 heavy (non-hydrogen) atoms. The van der Waals surface area contributed by atoms with Crippen LogP contribution < -0.4 is 4.90 Å². The molecule has 0 saturated carbocycles. The van der Waals surface area contributed by atoms with Crippen molar-refractivity contribution in [2.24, 2.45) is 5.92 Å². The van der Waals surface area contributed by atoms with Gasteiger partial charge in [-0.1, -0.05) is 80.1 Å². The minimum absolute atomic E-state index is 0.106. The lowest BCUT2D eigenvalue weighted by Gasteiger charge is -2.16. The number of nitrogens with zero attached hydrogens (tertiary/aromatic N) is 1. The second-order valence-corrected chi connectivity index (χ2v) is 10.4. The number of phenolic OH excluding ortho intramolecular Hbond substituents is 1. The van der Waals surface area contributed by atoms with E-state index in [1.54, 1.807) is 24.3 Å². The summed E-state index contributed by atoms with van der Waals surface area (Å²) in [5.41, 5.74) is 6.11. The van der Waals surface area contributed by atoms with E-state index in [1.807, 2.05) is 75.4 Å².